The fourth-order valence-corrected chi connectivity index (χ4v) is 12.2. The number of hydrogen-bond donors (Lipinski definition) is 1. The van der Waals surface area contributed by atoms with Crippen LogP contribution in [0.1, 0.15) is 76.6 Å². The number of sulfonamides is 1. The maximum Gasteiger partial charge on any atom is 0.286 e. The number of nitrogens with one attached hydrogen (secondary N) is 1. The average molecular weight is 824 g/mol. The largest absolute Gasteiger partial charge is 0.490 e. The molecule has 8 rings (SSSR count). The number of ether oxygens (including phenoxy) is 2. The number of rotatable bonds is 4. The van der Waals surface area contributed by atoms with Crippen molar-refractivity contribution < 1.29 is 31.7 Å². The zero-order valence-electron chi connectivity index (χ0n) is 32.1. The predicted octanol–water partition coefficient (Wildman–Crippen LogP) is 5.98. The molecule has 56 heavy (non-hydrogen) atoms. The molecule has 6 atom stereocenters. The molecule has 1 aromatic heterocycles. The number of hydrogen-bond acceptors (Lipinski definition) is 8. The van der Waals surface area contributed by atoms with Crippen molar-refractivity contribution in [2.75, 3.05) is 50.3 Å². The number of nitrogens with zero attached hydrogens (tertiary/aromatic N) is 4. The predicted molar refractivity (Wildman–Crippen MR) is 217 cm³/mol. The molecular formula is C41H50ClN5O7S2. The summed E-state index contributed by atoms with van der Waals surface area (Å²) in [5, 5.41) is 0.724. The fraction of sp³-hybridized carbons (Fsp3) is 0.512. The summed E-state index contributed by atoms with van der Waals surface area (Å²) in [5.41, 5.74) is 4.12. The van der Waals surface area contributed by atoms with Gasteiger partial charge < -0.3 is 18.9 Å². The van der Waals surface area contributed by atoms with Gasteiger partial charge in [-0.25, -0.2) is 12.6 Å². The number of amides is 2. The lowest BCUT2D eigenvalue weighted by Gasteiger charge is -2.46. The first-order chi connectivity index (χ1) is 26.7. The molecule has 300 valence electrons. The van der Waals surface area contributed by atoms with Crippen LogP contribution in [-0.2, 0) is 49.6 Å². The average Bonchev–Trinajstić information content (AvgIpc) is 3.51. The molecule has 2 aromatic carbocycles. The standard InChI is InChI=1S/C41H50ClN5O7S2/c1-27-6-4-8-37(53-2)34-12-9-30(34)21-46-25-41(15-5-7-28-18-32(42)11-13-35(28)41)26-54-38-14-10-29(20-36(38)46)39(48)43-56(52,24-27)44-40(49)31-19-33-23-47(55(3,50)51)17-16-45(33)22-31/h4,8,10-11,13-14,18-20,22,27,30,34,37H,5-7,9,12,15-17,21,23-26H2,1-3H3,(H,43,44,48,49,52)/b8-4-/t27-,30-,34+,37-,41-,56?/m0/s1. The molecular weight excluding hydrogens is 774 g/mol. The van der Waals surface area contributed by atoms with E-state index in [1.54, 1.807) is 31.5 Å². The van der Waals surface area contributed by atoms with Gasteiger partial charge in [0.25, 0.3) is 11.8 Å². The number of aryl methyl sites for hydroxylation is 1. The topological polar surface area (TPSA) is 140 Å². The van der Waals surface area contributed by atoms with Gasteiger partial charge in [0.15, 0.2) is 0 Å². The maximum absolute atomic E-state index is 14.8. The van der Waals surface area contributed by atoms with E-state index in [1.165, 1.54) is 15.4 Å². The van der Waals surface area contributed by atoms with E-state index in [2.05, 4.69) is 38.3 Å². The van der Waals surface area contributed by atoms with Gasteiger partial charge in [0.2, 0.25) is 10.0 Å². The minimum atomic E-state index is -3.64. The summed E-state index contributed by atoms with van der Waals surface area (Å²) in [5.74, 6) is -0.253. The summed E-state index contributed by atoms with van der Waals surface area (Å²) in [7, 11) is -5.31. The van der Waals surface area contributed by atoms with Crippen molar-refractivity contribution in [2.24, 2.45) is 22.1 Å². The Hall–Kier alpha value is -3.69. The summed E-state index contributed by atoms with van der Waals surface area (Å²) in [6.45, 7) is 4.63. The monoisotopic (exact) mass is 823 g/mol. The molecule has 3 aromatic rings. The molecule has 4 heterocycles. The molecule has 5 aliphatic rings. The van der Waals surface area contributed by atoms with E-state index in [0.717, 1.165) is 55.6 Å². The molecule has 1 saturated carbocycles. The van der Waals surface area contributed by atoms with Gasteiger partial charge in [-0.3, -0.25) is 14.3 Å². The van der Waals surface area contributed by atoms with Crippen LogP contribution in [0.25, 0.3) is 0 Å². The fourth-order valence-electron chi connectivity index (χ4n) is 9.35. The highest BCUT2D eigenvalue weighted by atomic mass is 35.5. The molecule has 12 nitrogen and oxygen atoms in total. The number of benzene rings is 2. The summed E-state index contributed by atoms with van der Waals surface area (Å²) in [4.78, 5) is 30.3. The van der Waals surface area contributed by atoms with E-state index < -0.39 is 31.8 Å². The number of aromatic nitrogens is 1. The van der Waals surface area contributed by atoms with Crippen molar-refractivity contribution in [3.63, 3.8) is 0 Å². The van der Waals surface area contributed by atoms with Crippen LogP contribution in [0.15, 0.2) is 65.2 Å². The number of carbonyl (C=O) groups is 2. The first-order valence-corrected chi connectivity index (χ1v) is 23.4. The molecule has 1 N–H and O–H groups in total. The summed E-state index contributed by atoms with van der Waals surface area (Å²) < 4.78 is 62.0. The molecule has 0 saturated heterocycles. The molecule has 2 bridgehead atoms. The third-order valence-electron chi connectivity index (χ3n) is 12.4. The van der Waals surface area contributed by atoms with Crippen LogP contribution in [0, 0.1) is 17.8 Å². The molecule has 2 aliphatic carbocycles. The highest BCUT2D eigenvalue weighted by molar-refractivity contribution is 7.92. The Morgan fingerprint density at radius 2 is 1.98 bits per heavy atom. The zero-order chi connectivity index (χ0) is 39.4. The SMILES string of the molecule is CO[C@H]1/C=C\C[C@H](C)CS(=O)(NC(=O)c2cc3n(c2)CCN(S(C)(=O)=O)C3)=NC(=O)c2ccc3c(c2)N(C[C@@H]2CC[C@H]21)C[C@@]1(CCCc2cc(Cl)ccc21)CO3. The van der Waals surface area contributed by atoms with Gasteiger partial charge in [-0.2, -0.15) is 4.31 Å². The van der Waals surface area contributed by atoms with Crippen LogP contribution in [0.4, 0.5) is 5.69 Å². The van der Waals surface area contributed by atoms with Gasteiger partial charge in [-0.1, -0.05) is 36.7 Å². The Bertz CT molecular complexity index is 2320. The first-order valence-electron chi connectivity index (χ1n) is 19.5. The zero-order valence-corrected chi connectivity index (χ0v) is 34.5. The maximum atomic E-state index is 14.8. The van der Waals surface area contributed by atoms with E-state index >= 15 is 0 Å². The normalized spacial score (nSPS) is 30.1. The van der Waals surface area contributed by atoms with Crippen LogP contribution in [0.3, 0.4) is 0 Å². The summed E-state index contributed by atoms with van der Waals surface area (Å²) in [6.07, 6.45) is 12.4. The van der Waals surface area contributed by atoms with Gasteiger partial charge in [0.05, 0.1) is 42.5 Å². The van der Waals surface area contributed by atoms with Crippen molar-refractivity contribution >= 4 is 49.0 Å². The molecule has 0 radical (unpaired) electrons. The Kier molecular flexibility index (Phi) is 10.7. The second kappa shape index (κ2) is 15.2. The first kappa shape index (κ1) is 39.2. The van der Waals surface area contributed by atoms with Crippen molar-refractivity contribution in [3.8, 4) is 5.75 Å². The number of methoxy groups -OCH3 is 1. The summed E-state index contributed by atoms with van der Waals surface area (Å²) in [6, 6.07) is 13.1. The number of allylic oxidation sites excluding steroid dienone is 1. The number of carbonyl (C=O) groups excluding carboxylic acids is 2. The number of anilines is 1. The van der Waals surface area contributed by atoms with Crippen LogP contribution < -0.4 is 14.4 Å². The Morgan fingerprint density at radius 3 is 2.75 bits per heavy atom. The lowest BCUT2D eigenvalue weighted by molar-refractivity contribution is 0.0131. The second-order valence-electron chi connectivity index (χ2n) is 16.4. The van der Waals surface area contributed by atoms with Gasteiger partial charge in [-0.05, 0) is 104 Å². The van der Waals surface area contributed by atoms with E-state index in [-0.39, 0.29) is 47.4 Å². The van der Waals surface area contributed by atoms with Crippen molar-refractivity contribution in [3.05, 3.63) is 93.8 Å². The van der Waals surface area contributed by atoms with Gasteiger partial charge in [-0.15, -0.1) is 4.36 Å². The third kappa shape index (κ3) is 7.79. The molecule has 1 fully saturated rings. The highest BCUT2D eigenvalue weighted by Crippen LogP contribution is 2.47. The minimum absolute atomic E-state index is 0.0555. The lowest BCUT2D eigenvalue weighted by Crippen LogP contribution is -2.49. The molecule has 15 heteroatoms. The molecule has 3 aliphatic heterocycles. The van der Waals surface area contributed by atoms with Crippen molar-refractivity contribution in [1.82, 2.24) is 13.6 Å². The van der Waals surface area contributed by atoms with Gasteiger partial charge >= 0.3 is 0 Å². The second-order valence-corrected chi connectivity index (χ2v) is 20.8. The minimum Gasteiger partial charge on any atom is -0.490 e. The van der Waals surface area contributed by atoms with Crippen LogP contribution in [-0.4, -0.2) is 84.8 Å². The Morgan fingerprint density at radius 1 is 1.14 bits per heavy atom. The van der Waals surface area contributed by atoms with Crippen LogP contribution in [0.5, 0.6) is 5.75 Å². The van der Waals surface area contributed by atoms with Crippen molar-refractivity contribution in [1.29, 1.82) is 0 Å². The lowest BCUT2D eigenvalue weighted by atomic mass is 9.68. The molecule has 1 unspecified atom stereocenters. The van der Waals surface area contributed by atoms with Gasteiger partial charge in [0.1, 0.15) is 15.7 Å². The Balaban J connectivity index is 1.16. The van der Waals surface area contributed by atoms with Crippen molar-refractivity contribution in [2.45, 2.75) is 70.1 Å². The van der Waals surface area contributed by atoms with E-state index in [9.17, 15) is 22.2 Å². The van der Waals surface area contributed by atoms with E-state index in [0.29, 0.717) is 49.4 Å². The quantitative estimate of drug-likeness (QED) is 0.318. The number of fused-ring (bicyclic) bond motifs is 5. The molecule has 2 amide bonds. The smallest absolute Gasteiger partial charge is 0.286 e. The number of halogens is 1. The van der Waals surface area contributed by atoms with Crippen LogP contribution >= 0.6 is 11.6 Å². The van der Waals surface area contributed by atoms with E-state index in [1.807, 2.05) is 23.6 Å². The van der Waals surface area contributed by atoms with Crippen LogP contribution in [0.2, 0.25) is 5.02 Å². The third-order valence-corrected chi connectivity index (χ3v) is 15.9. The Labute approximate surface area is 334 Å². The van der Waals surface area contributed by atoms with Gasteiger partial charge in [0, 0.05) is 61.2 Å². The van der Waals surface area contributed by atoms with E-state index in [4.69, 9.17) is 21.1 Å². The highest BCUT2D eigenvalue weighted by Gasteiger charge is 2.44. The summed E-state index contributed by atoms with van der Waals surface area (Å²) >= 11 is 6.47. The molecule has 1 spiro atoms.